The van der Waals surface area contributed by atoms with Crippen LogP contribution in [0.4, 0.5) is 0 Å². The highest BCUT2D eigenvalue weighted by Crippen LogP contribution is 2.23. The van der Waals surface area contributed by atoms with Crippen molar-refractivity contribution in [2.24, 2.45) is 0 Å². The molecule has 0 aliphatic rings. The normalized spacial score (nSPS) is 12.0. The Morgan fingerprint density at radius 2 is 1.79 bits per heavy atom. The molecule has 0 N–H and O–H groups in total. The largest absolute Gasteiger partial charge is 0.360 e. The maximum Gasteiger partial charge on any atom is 0.139 e. The van der Waals surface area contributed by atoms with Gasteiger partial charge in [0, 0.05) is 38.0 Å². The van der Waals surface area contributed by atoms with E-state index in [4.69, 9.17) is 4.74 Å². The Morgan fingerprint density at radius 1 is 1.04 bits per heavy atom. The maximum absolute atomic E-state index is 5.81. The molecule has 2 heterocycles. The molecule has 0 saturated carbocycles. The molecule has 24 heavy (non-hydrogen) atoms. The highest BCUT2D eigenvalue weighted by atomic mass is 28.3. The van der Waals surface area contributed by atoms with Gasteiger partial charge in [-0.15, -0.1) is 0 Å². The molecule has 0 spiro atoms. The van der Waals surface area contributed by atoms with Gasteiger partial charge in [-0.3, -0.25) is 0 Å². The minimum atomic E-state index is -1.05. The first kappa shape index (κ1) is 16.8. The zero-order valence-electron chi connectivity index (χ0n) is 14.8. The van der Waals surface area contributed by atoms with Crippen molar-refractivity contribution in [3.05, 3.63) is 42.6 Å². The van der Waals surface area contributed by atoms with E-state index in [2.05, 4.69) is 52.9 Å². The molecule has 0 aliphatic heterocycles. The van der Waals surface area contributed by atoms with Crippen LogP contribution in [0.25, 0.3) is 22.0 Å². The number of aryl methyl sites for hydroxylation is 1. The summed E-state index contributed by atoms with van der Waals surface area (Å²) in [5.74, 6) is 0.781. The SMILES string of the molecule is Cc1ncc(-c2ccc3c(cnn3COCC[Si](C)(C)C)c2)cn1. The second-order valence-corrected chi connectivity index (χ2v) is 12.9. The Morgan fingerprint density at radius 3 is 2.50 bits per heavy atom. The van der Waals surface area contributed by atoms with Crippen LogP contribution in [0.1, 0.15) is 5.82 Å². The first-order valence-corrected chi connectivity index (χ1v) is 12.0. The van der Waals surface area contributed by atoms with E-state index in [-0.39, 0.29) is 0 Å². The number of hydrogen-bond donors (Lipinski definition) is 0. The smallest absolute Gasteiger partial charge is 0.139 e. The first-order valence-electron chi connectivity index (χ1n) is 8.25. The van der Waals surface area contributed by atoms with E-state index in [1.165, 1.54) is 6.04 Å². The van der Waals surface area contributed by atoms with Crippen molar-refractivity contribution in [1.29, 1.82) is 0 Å². The van der Waals surface area contributed by atoms with Gasteiger partial charge in [0.25, 0.3) is 0 Å². The Bertz CT molecular complexity index is 821. The van der Waals surface area contributed by atoms with Crippen LogP contribution >= 0.6 is 0 Å². The van der Waals surface area contributed by atoms with Gasteiger partial charge in [0.05, 0.1) is 11.7 Å². The van der Waals surface area contributed by atoms with E-state index in [0.29, 0.717) is 6.73 Å². The predicted octanol–water partition coefficient (Wildman–Crippen LogP) is 4.11. The molecule has 0 fully saturated rings. The lowest BCUT2D eigenvalue weighted by Gasteiger charge is -2.15. The lowest BCUT2D eigenvalue weighted by atomic mass is 10.1. The zero-order chi connectivity index (χ0) is 17.2. The highest BCUT2D eigenvalue weighted by molar-refractivity contribution is 6.76. The summed E-state index contributed by atoms with van der Waals surface area (Å²) in [4.78, 5) is 8.52. The van der Waals surface area contributed by atoms with Crippen molar-refractivity contribution in [1.82, 2.24) is 19.7 Å². The first-order chi connectivity index (χ1) is 11.4. The van der Waals surface area contributed by atoms with E-state index in [0.717, 1.165) is 34.5 Å². The molecule has 5 nitrogen and oxygen atoms in total. The fraction of sp³-hybridized carbons (Fsp3) is 0.389. The second-order valence-electron chi connectivity index (χ2n) is 7.28. The maximum atomic E-state index is 5.81. The molecule has 0 radical (unpaired) electrons. The highest BCUT2D eigenvalue weighted by Gasteiger charge is 2.12. The van der Waals surface area contributed by atoms with Gasteiger partial charge in [0.15, 0.2) is 0 Å². The number of aromatic nitrogens is 4. The average Bonchev–Trinajstić information content (AvgIpc) is 2.94. The zero-order valence-corrected chi connectivity index (χ0v) is 15.8. The average molecular weight is 341 g/mol. The van der Waals surface area contributed by atoms with E-state index in [9.17, 15) is 0 Å². The topological polar surface area (TPSA) is 52.8 Å². The minimum absolute atomic E-state index is 0.501. The van der Waals surface area contributed by atoms with Gasteiger partial charge >= 0.3 is 0 Å². The Balaban J connectivity index is 1.73. The number of nitrogens with zero attached hydrogens (tertiary/aromatic N) is 4. The number of fused-ring (bicyclic) bond motifs is 1. The minimum Gasteiger partial charge on any atom is -0.360 e. The molecular weight excluding hydrogens is 316 g/mol. The Hall–Kier alpha value is -2.05. The number of rotatable bonds is 6. The quantitative estimate of drug-likeness (QED) is 0.500. The van der Waals surface area contributed by atoms with E-state index < -0.39 is 8.07 Å². The summed E-state index contributed by atoms with van der Waals surface area (Å²) in [6, 6.07) is 7.45. The van der Waals surface area contributed by atoms with Gasteiger partial charge < -0.3 is 4.74 Å². The molecule has 0 amide bonds. The molecule has 3 rings (SSSR count). The van der Waals surface area contributed by atoms with Crippen molar-refractivity contribution in [2.75, 3.05) is 6.61 Å². The van der Waals surface area contributed by atoms with Crippen LogP contribution in [0.15, 0.2) is 36.8 Å². The van der Waals surface area contributed by atoms with Gasteiger partial charge in [-0.05, 0) is 30.7 Å². The molecule has 6 heteroatoms. The van der Waals surface area contributed by atoms with Crippen LogP contribution in [0.5, 0.6) is 0 Å². The van der Waals surface area contributed by atoms with Crippen LogP contribution < -0.4 is 0 Å². The van der Waals surface area contributed by atoms with E-state index in [1.807, 2.05) is 30.2 Å². The Kier molecular flexibility index (Phi) is 4.77. The van der Waals surface area contributed by atoms with Crippen molar-refractivity contribution in [3.8, 4) is 11.1 Å². The summed E-state index contributed by atoms with van der Waals surface area (Å²) >= 11 is 0. The summed E-state index contributed by atoms with van der Waals surface area (Å²) < 4.78 is 7.72. The van der Waals surface area contributed by atoms with Crippen LogP contribution in [0.3, 0.4) is 0 Å². The molecule has 0 bridgehead atoms. The van der Waals surface area contributed by atoms with Crippen LogP contribution in [0, 0.1) is 6.92 Å². The lowest BCUT2D eigenvalue weighted by molar-refractivity contribution is 0.0817. The fourth-order valence-corrected chi connectivity index (χ4v) is 3.20. The molecule has 1 aromatic carbocycles. The van der Waals surface area contributed by atoms with Crippen molar-refractivity contribution in [3.63, 3.8) is 0 Å². The van der Waals surface area contributed by atoms with Crippen LogP contribution in [0.2, 0.25) is 25.7 Å². The van der Waals surface area contributed by atoms with Gasteiger partial charge in [0.2, 0.25) is 0 Å². The van der Waals surface area contributed by atoms with Crippen molar-refractivity contribution in [2.45, 2.75) is 39.3 Å². The molecule has 0 aliphatic carbocycles. The molecule has 0 saturated heterocycles. The summed E-state index contributed by atoms with van der Waals surface area (Å²) in [6.45, 7) is 10.3. The van der Waals surface area contributed by atoms with Crippen molar-refractivity contribution < 1.29 is 4.74 Å². The standard InChI is InChI=1S/C18H24N4OSi/c1-14-19-10-17(11-20-14)15-5-6-18-16(9-15)12-21-22(18)13-23-7-8-24(2,3)4/h5-6,9-12H,7-8,13H2,1-4H3. The molecule has 0 unspecified atom stereocenters. The third-order valence-corrected chi connectivity index (χ3v) is 5.67. The summed E-state index contributed by atoms with van der Waals surface area (Å²) in [5.41, 5.74) is 3.20. The summed E-state index contributed by atoms with van der Waals surface area (Å²) in [6.07, 6.45) is 5.59. The summed E-state index contributed by atoms with van der Waals surface area (Å²) in [5, 5.41) is 5.55. The van der Waals surface area contributed by atoms with Gasteiger partial charge in [0.1, 0.15) is 12.6 Å². The lowest BCUT2D eigenvalue weighted by Crippen LogP contribution is -2.22. The number of benzene rings is 1. The fourth-order valence-electron chi connectivity index (χ4n) is 2.44. The predicted molar refractivity (Wildman–Crippen MR) is 99.6 cm³/mol. The molecule has 0 atom stereocenters. The van der Waals surface area contributed by atoms with Crippen LogP contribution in [-0.4, -0.2) is 34.4 Å². The third kappa shape index (κ3) is 4.07. The van der Waals surface area contributed by atoms with Gasteiger partial charge in [-0.1, -0.05) is 25.7 Å². The van der Waals surface area contributed by atoms with Gasteiger partial charge in [-0.2, -0.15) is 5.10 Å². The molecule has 126 valence electrons. The Labute approximate surface area is 143 Å². The molecule has 3 aromatic rings. The van der Waals surface area contributed by atoms with E-state index >= 15 is 0 Å². The van der Waals surface area contributed by atoms with Crippen LogP contribution in [-0.2, 0) is 11.5 Å². The third-order valence-electron chi connectivity index (χ3n) is 3.97. The monoisotopic (exact) mass is 340 g/mol. The number of hydrogen-bond acceptors (Lipinski definition) is 4. The number of ether oxygens (including phenoxy) is 1. The summed E-state index contributed by atoms with van der Waals surface area (Å²) in [7, 11) is -1.05. The van der Waals surface area contributed by atoms with Gasteiger partial charge in [-0.25, -0.2) is 14.6 Å². The molecule has 2 aromatic heterocycles. The van der Waals surface area contributed by atoms with E-state index in [1.54, 1.807) is 0 Å². The second kappa shape index (κ2) is 6.82. The van der Waals surface area contributed by atoms with Crippen molar-refractivity contribution >= 4 is 19.0 Å². The molecular formula is C18H24N4OSi.